The van der Waals surface area contributed by atoms with Crippen molar-refractivity contribution in [2.75, 3.05) is 0 Å². The molecule has 15 heavy (non-hydrogen) atoms. The highest BCUT2D eigenvalue weighted by molar-refractivity contribution is 6.06. The molecule has 0 radical (unpaired) electrons. The molecule has 0 N–H and O–H groups in total. The number of hydrogen-bond acceptors (Lipinski definition) is 1. The summed E-state index contributed by atoms with van der Waals surface area (Å²) in [5.41, 5.74) is 1.81. The number of aldehydes is 1. The van der Waals surface area contributed by atoms with Gasteiger partial charge in [0.25, 0.3) is 0 Å². The Morgan fingerprint density at radius 2 is 2.00 bits per heavy atom. The number of benzene rings is 1. The van der Waals surface area contributed by atoms with E-state index in [0.29, 0.717) is 5.92 Å². The average molecular weight is 202 g/mol. The van der Waals surface area contributed by atoms with Crippen molar-refractivity contribution in [2.45, 2.75) is 26.7 Å². The fraction of sp³-hybridized carbons (Fsp3) is 0.357. The van der Waals surface area contributed by atoms with E-state index in [0.717, 1.165) is 30.3 Å². The van der Waals surface area contributed by atoms with Crippen LogP contribution in [0.15, 0.2) is 36.4 Å². The quantitative estimate of drug-likeness (QED) is 0.525. The molecule has 0 saturated heterocycles. The van der Waals surface area contributed by atoms with Crippen LogP contribution in [0.3, 0.4) is 0 Å². The highest BCUT2D eigenvalue weighted by Crippen LogP contribution is 2.15. The minimum Gasteiger partial charge on any atom is -0.298 e. The molecule has 1 nitrogen and oxygen atoms in total. The lowest BCUT2D eigenvalue weighted by molar-refractivity contribution is -0.103. The van der Waals surface area contributed by atoms with E-state index in [1.54, 1.807) is 0 Å². The second kappa shape index (κ2) is 6.18. The van der Waals surface area contributed by atoms with Gasteiger partial charge in [-0.05, 0) is 17.9 Å². The number of carbonyl (C=O) groups excluding carboxylic acids is 1. The SMILES string of the molecule is CCC(C)C/C=C(/C=O)c1ccccc1. The van der Waals surface area contributed by atoms with Crippen molar-refractivity contribution in [2.24, 2.45) is 5.92 Å². The molecule has 1 rings (SSSR count). The van der Waals surface area contributed by atoms with Crippen LogP contribution >= 0.6 is 0 Å². The summed E-state index contributed by atoms with van der Waals surface area (Å²) in [5.74, 6) is 0.642. The Morgan fingerprint density at radius 1 is 1.33 bits per heavy atom. The smallest absolute Gasteiger partial charge is 0.150 e. The largest absolute Gasteiger partial charge is 0.298 e. The molecule has 0 amide bonds. The molecule has 1 atom stereocenters. The molecule has 80 valence electrons. The lowest BCUT2D eigenvalue weighted by Gasteiger charge is -2.05. The molecule has 0 saturated carbocycles. The molecule has 0 spiro atoms. The molecule has 0 heterocycles. The van der Waals surface area contributed by atoms with E-state index in [4.69, 9.17) is 0 Å². The third-order valence-corrected chi connectivity index (χ3v) is 2.67. The predicted octanol–water partition coefficient (Wildman–Crippen LogP) is 3.71. The molecule has 1 heteroatoms. The summed E-state index contributed by atoms with van der Waals surface area (Å²) in [4.78, 5) is 10.9. The zero-order valence-electron chi connectivity index (χ0n) is 9.44. The van der Waals surface area contributed by atoms with Gasteiger partial charge in [0.05, 0.1) is 0 Å². The zero-order valence-corrected chi connectivity index (χ0v) is 9.44. The molecule has 1 unspecified atom stereocenters. The van der Waals surface area contributed by atoms with Crippen molar-refractivity contribution in [3.63, 3.8) is 0 Å². The first kappa shape index (κ1) is 11.7. The molecule has 1 aromatic carbocycles. The summed E-state index contributed by atoms with van der Waals surface area (Å²) in [6.07, 6.45) is 5.10. The highest BCUT2D eigenvalue weighted by Gasteiger charge is 2.00. The van der Waals surface area contributed by atoms with Crippen LogP contribution in [-0.4, -0.2) is 6.29 Å². The van der Waals surface area contributed by atoms with Gasteiger partial charge in [-0.1, -0.05) is 56.7 Å². The van der Waals surface area contributed by atoms with E-state index in [-0.39, 0.29) is 0 Å². The summed E-state index contributed by atoms with van der Waals surface area (Å²) in [5, 5.41) is 0. The Bertz CT molecular complexity index is 324. The maximum atomic E-state index is 10.9. The summed E-state index contributed by atoms with van der Waals surface area (Å²) < 4.78 is 0. The van der Waals surface area contributed by atoms with Crippen LogP contribution in [0.2, 0.25) is 0 Å². The Balaban J connectivity index is 2.76. The van der Waals surface area contributed by atoms with Gasteiger partial charge in [-0.3, -0.25) is 4.79 Å². The van der Waals surface area contributed by atoms with Gasteiger partial charge in [-0.25, -0.2) is 0 Å². The number of carbonyl (C=O) groups is 1. The minimum absolute atomic E-state index is 0.642. The first-order valence-electron chi connectivity index (χ1n) is 5.48. The normalized spacial score (nSPS) is 13.6. The maximum Gasteiger partial charge on any atom is 0.150 e. The van der Waals surface area contributed by atoms with Gasteiger partial charge in [0.1, 0.15) is 6.29 Å². The van der Waals surface area contributed by atoms with Crippen LogP contribution in [0, 0.1) is 5.92 Å². The second-order valence-electron chi connectivity index (χ2n) is 3.89. The molecule has 1 aromatic rings. The van der Waals surface area contributed by atoms with Crippen LogP contribution in [-0.2, 0) is 4.79 Å². The average Bonchev–Trinajstić information content (AvgIpc) is 2.31. The number of allylic oxidation sites excluding steroid dienone is 2. The molecule has 0 aromatic heterocycles. The van der Waals surface area contributed by atoms with E-state index < -0.39 is 0 Å². The van der Waals surface area contributed by atoms with Crippen LogP contribution in [0.5, 0.6) is 0 Å². The van der Waals surface area contributed by atoms with Gasteiger partial charge in [-0.2, -0.15) is 0 Å². The van der Waals surface area contributed by atoms with Crippen LogP contribution in [0.25, 0.3) is 5.57 Å². The van der Waals surface area contributed by atoms with Crippen molar-refractivity contribution in [1.29, 1.82) is 0 Å². The van der Waals surface area contributed by atoms with Crippen molar-refractivity contribution in [3.8, 4) is 0 Å². The lowest BCUT2D eigenvalue weighted by atomic mass is 10.0. The first-order chi connectivity index (χ1) is 7.27. The van der Waals surface area contributed by atoms with Gasteiger partial charge in [0.15, 0.2) is 0 Å². The summed E-state index contributed by atoms with van der Waals surface area (Å²) >= 11 is 0. The van der Waals surface area contributed by atoms with E-state index >= 15 is 0 Å². The zero-order chi connectivity index (χ0) is 11.1. The van der Waals surface area contributed by atoms with Crippen molar-refractivity contribution in [1.82, 2.24) is 0 Å². The van der Waals surface area contributed by atoms with Crippen molar-refractivity contribution in [3.05, 3.63) is 42.0 Å². The predicted molar refractivity (Wildman–Crippen MR) is 64.6 cm³/mol. The summed E-state index contributed by atoms with van der Waals surface area (Å²) in [7, 11) is 0. The molecular weight excluding hydrogens is 184 g/mol. The Labute approximate surface area is 91.8 Å². The Kier molecular flexibility index (Phi) is 4.82. The van der Waals surface area contributed by atoms with Crippen LogP contribution in [0.1, 0.15) is 32.3 Å². The fourth-order valence-electron chi connectivity index (χ4n) is 1.36. The topological polar surface area (TPSA) is 17.1 Å². The van der Waals surface area contributed by atoms with Gasteiger partial charge in [0, 0.05) is 5.57 Å². The number of hydrogen-bond donors (Lipinski definition) is 0. The fourth-order valence-corrected chi connectivity index (χ4v) is 1.36. The van der Waals surface area contributed by atoms with Crippen molar-refractivity contribution < 1.29 is 4.79 Å². The third kappa shape index (κ3) is 3.70. The molecule has 0 fully saturated rings. The van der Waals surface area contributed by atoms with E-state index in [1.165, 1.54) is 0 Å². The van der Waals surface area contributed by atoms with Gasteiger partial charge >= 0.3 is 0 Å². The molecular formula is C14H18O. The molecule has 0 aliphatic heterocycles. The van der Waals surface area contributed by atoms with E-state index in [9.17, 15) is 4.79 Å². The summed E-state index contributed by atoms with van der Waals surface area (Å²) in [6.45, 7) is 4.37. The van der Waals surface area contributed by atoms with E-state index in [1.807, 2.05) is 36.4 Å². The van der Waals surface area contributed by atoms with Crippen LogP contribution in [0.4, 0.5) is 0 Å². The van der Waals surface area contributed by atoms with Gasteiger partial charge in [0.2, 0.25) is 0 Å². The van der Waals surface area contributed by atoms with Gasteiger partial charge < -0.3 is 0 Å². The van der Waals surface area contributed by atoms with Gasteiger partial charge in [-0.15, -0.1) is 0 Å². The third-order valence-electron chi connectivity index (χ3n) is 2.67. The standard InChI is InChI=1S/C14H18O/c1-3-12(2)9-10-14(11-15)13-7-5-4-6-8-13/h4-8,10-12H,3,9H2,1-2H3/b14-10-. The highest BCUT2D eigenvalue weighted by atomic mass is 16.1. The molecule has 0 aliphatic carbocycles. The minimum atomic E-state index is 0.642. The Morgan fingerprint density at radius 3 is 2.53 bits per heavy atom. The molecule has 0 aliphatic rings. The monoisotopic (exact) mass is 202 g/mol. The molecule has 0 bridgehead atoms. The second-order valence-corrected chi connectivity index (χ2v) is 3.89. The number of rotatable bonds is 5. The summed E-state index contributed by atoms with van der Waals surface area (Å²) in [6, 6.07) is 9.81. The van der Waals surface area contributed by atoms with Crippen molar-refractivity contribution >= 4 is 11.9 Å². The lowest BCUT2D eigenvalue weighted by Crippen LogP contribution is -1.91. The first-order valence-corrected chi connectivity index (χ1v) is 5.48. The maximum absolute atomic E-state index is 10.9. The van der Waals surface area contributed by atoms with E-state index in [2.05, 4.69) is 13.8 Å². The Hall–Kier alpha value is -1.37. The van der Waals surface area contributed by atoms with Crippen LogP contribution < -0.4 is 0 Å².